The van der Waals surface area contributed by atoms with Gasteiger partial charge in [0.2, 0.25) is 0 Å². The summed E-state index contributed by atoms with van der Waals surface area (Å²) in [6.07, 6.45) is 2.26. The molecule has 0 radical (unpaired) electrons. The normalized spacial score (nSPS) is 22.8. The predicted octanol–water partition coefficient (Wildman–Crippen LogP) is 3.88. The Labute approximate surface area is 211 Å². The number of piperidine rings is 1. The van der Waals surface area contributed by atoms with Crippen LogP contribution in [-0.4, -0.2) is 59.7 Å². The highest BCUT2D eigenvalue weighted by Gasteiger charge is 2.45. The van der Waals surface area contributed by atoms with Crippen molar-refractivity contribution in [3.63, 3.8) is 0 Å². The number of benzene rings is 2. The molecule has 2 atom stereocenters. The number of nitrogens with one attached hydrogen (secondary N) is 1. The molecule has 4 heterocycles. The number of rotatable bonds is 4. The number of nitrogens with zero attached hydrogens (tertiary/aromatic N) is 3. The highest BCUT2D eigenvalue weighted by molar-refractivity contribution is 5.97. The van der Waals surface area contributed by atoms with Crippen LogP contribution in [0.2, 0.25) is 0 Å². The number of hydrogen-bond acceptors (Lipinski definition) is 5. The van der Waals surface area contributed by atoms with Gasteiger partial charge in [0.15, 0.2) is 0 Å². The molecule has 1 fully saturated rings. The zero-order valence-corrected chi connectivity index (χ0v) is 19.3. The zero-order chi connectivity index (χ0) is 27.3. The maximum atomic E-state index is 13.5. The molecular formula is C27H26F2N4O3. The number of hydrogen-bond donors (Lipinski definition) is 1. The minimum absolute atomic E-state index is 0.0234. The Balaban J connectivity index is 1.43. The number of carbonyl (C=O) groups excluding carboxylic acids is 1. The first-order chi connectivity index (χ1) is 18.7. The van der Waals surface area contributed by atoms with Crippen molar-refractivity contribution in [1.29, 1.82) is 0 Å². The molecule has 3 aromatic rings. The molecule has 36 heavy (non-hydrogen) atoms. The van der Waals surface area contributed by atoms with Crippen molar-refractivity contribution in [1.82, 2.24) is 19.8 Å². The third-order valence-electron chi connectivity index (χ3n) is 7.06. The molecule has 1 N–H and O–H groups in total. The maximum Gasteiger partial charge on any atom is 0.387 e. The van der Waals surface area contributed by atoms with Gasteiger partial charge >= 0.3 is 6.61 Å². The van der Waals surface area contributed by atoms with E-state index in [9.17, 15) is 13.6 Å². The van der Waals surface area contributed by atoms with Crippen LogP contribution in [-0.2, 0) is 4.74 Å². The average Bonchev–Trinajstić information content (AvgIpc) is 3.39. The van der Waals surface area contributed by atoms with Crippen molar-refractivity contribution in [2.75, 3.05) is 26.7 Å². The highest BCUT2D eigenvalue weighted by atomic mass is 19.3. The molecule has 1 amide bonds. The van der Waals surface area contributed by atoms with Crippen molar-refractivity contribution in [3.05, 3.63) is 58.9 Å². The van der Waals surface area contributed by atoms with Crippen LogP contribution in [0.5, 0.6) is 5.75 Å². The third kappa shape index (κ3) is 3.91. The molecule has 0 spiro atoms. The largest absolute Gasteiger partial charge is 0.434 e. The number of halogens is 2. The summed E-state index contributed by atoms with van der Waals surface area (Å²) in [5.74, 6) is 5.63. The van der Waals surface area contributed by atoms with Crippen LogP contribution >= 0.6 is 0 Å². The second-order valence-corrected chi connectivity index (χ2v) is 9.14. The van der Waals surface area contributed by atoms with E-state index in [2.05, 4.69) is 22.1 Å². The van der Waals surface area contributed by atoms with Gasteiger partial charge in [-0.05, 0) is 56.3 Å². The zero-order valence-electron chi connectivity index (χ0n) is 22.3. The molecule has 6 rings (SSSR count). The first kappa shape index (κ1) is 19.7. The van der Waals surface area contributed by atoms with E-state index in [-0.39, 0.29) is 29.4 Å². The highest BCUT2D eigenvalue weighted by Crippen LogP contribution is 2.49. The number of imidazole rings is 1. The standard InChI is InChI=1S/C27H26F2N4O3/c1-32-22-15-21(24-18(26(32)34)5-2-6-23(24)36-27(28)29)33-20-14-16(7-8-19(20)31-25(22)33)4-3-13-35-17-9-11-30-12-10-17/h2,5-8,14,17,21-22,27,30H,9-13,15H2,1H3/t21-,22-/m1/s1/i1D3. The number of fused-ring (bicyclic) bond motifs is 9. The lowest BCUT2D eigenvalue weighted by molar-refractivity contribution is -0.0507. The smallest absolute Gasteiger partial charge is 0.387 e. The van der Waals surface area contributed by atoms with E-state index >= 15 is 0 Å². The Kier molecular flexibility index (Phi) is 5.02. The summed E-state index contributed by atoms with van der Waals surface area (Å²) in [4.78, 5) is 19.0. The second-order valence-electron chi connectivity index (χ2n) is 9.14. The molecule has 1 saturated heterocycles. The van der Waals surface area contributed by atoms with E-state index < -0.39 is 31.6 Å². The lowest BCUT2D eigenvalue weighted by atomic mass is 9.97. The molecule has 2 bridgehead atoms. The Morgan fingerprint density at radius 3 is 2.92 bits per heavy atom. The quantitative estimate of drug-likeness (QED) is 0.557. The summed E-state index contributed by atoms with van der Waals surface area (Å²) in [6, 6.07) is 8.18. The summed E-state index contributed by atoms with van der Waals surface area (Å²) in [5, 5.41) is 3.30. The molecule has 0 aliphatic carbocycles. The van der Waals surface area contributed by atoms with E-state index in [1.807, 2.05) is 16.7 Å². The molecule has 3 aliphatic rings. The lowest BCUT2D eigenvalue weighted by Crippen LogP contribution is -2.32. The van der Waals surface area contributed by atoms with E-state index in [1.165, 1.54) is 18.2 Å². The van der Waals surface area contributed by atoms with Gasteiger partial charge in [-0.15, -0.1) is 0 Å². The van der Waals surface area contributed by atoms with Gasteiger partial charge in [-0.25, -0.2) is 4.98 Å². The van der Waals surface area contributed by atoms with Gasteiger partial charge in [0.25, 0.3) is 5.91 Å². The molecule has 3 aliphatic heterocycles. The molecule has 1 aromatic heterocycles. The summed E-state index contributed by atoms with van der Waals surface area (Å²) in [6.45, 7) is -3.72. The second kappa shape index (κ2) is 9.19. The Morgan fingerprint density at radius 1 is 1.25 bits per heavy atom. The van der Waals surface area contributed by atoms with Crippen LogP contribution < -0.4 is 10.1 Å². The average molecular weight is 496 g/mol. The summed E-state index contributed by atoms with van der Waals surface area (Å²) >= 11 is 0. The fourth-order valence-corrected chi connectivity index (χ4v) is 5.45. The first-order valence-electron chi connectivity index (χ1n) is 13.5. The van der Waals surface area contributed by atoms with Crippen LogP contribution in [0.4, 0.5) is 8.78 Å². The Bertz CT molecular complexity index is 1490. The number of ether oxygens (including phenoxy) is 2. The maximum absolute atomic E-state index is 13.5. The fraction of sp³-hybridized carbons (Fsp3) is 0.407. The van der Waals surface area contributed by atoms with Gasteiger partial charge in [-0.3, -0.25) is 4.79 Å². The van der Waals surface area contributed by atoms with Gasteiger partial charge in [0.05, 0.1) is 29.2 Å². The van der Waals surface area contributed by atoms with Crippen LogP contribution in [0.25, 0.3) is 11.0 Å². The first-order valence-corrected chi connectivity index (χ1v) is 12.0. The molecule has 2 aromatic carbocycles. The molecule has 0 unspecified atom stereocenters. The number of carbonyl (C=O) groups is 1. The van der Waals surface area contributed by atoms with Crippen LogP contribution in [0.15, 0.2) is 36.4 Å². The van der Waals surface area contributed by atoms with E-state index in [0.29, 0.717) is 29.0 Å². The molecule has 0 saturated carbocycles. The summed E-state index contributed by atoms with van der Waals surface area (Å²) in [5.41, 5.74) is 2.21. The van der Waals surface area contributed by atoms with Gasteiger partial charge in [-0.2, -0.15) is 8.78 Å². The third-order valence-corrected chi connectivity index (χ3v) is 7.06. The number of amides is 1. The van der Waals surface area contributed by atoms with Gasteiger partial charge < -0.3 is 24.3 Å². The summed E-state index contributed by atoms with van der Waals surface area (Å²) in [7, 11) is 0. The Morgan fingerprint density at radius 2 is 2.11 bits per heavy atom. The fourth-order valence-electron chi connectivity index (χ4n) is 5.45. The summed E-state index contributed by atoms with van der Waals surface area (Å²) < 4.78 is 63.5. The predicted molar refractivity (Wildman–Crippen MR) is 129 cm³/mol. The lowest BCUT2D eigenvalue weighted by Gasteiger charge is -2.24. The van der Waals surface area contributed by atoms with Crippen LogP contribution in [0.1, 0.15) is 62.8 Å². The van der Waals surface area contributed by atoms with Crippen LogP contribution in [0, 0.1) is 11.8 Å². The van der Waals surface area contributed by atoms with Crippen molar-refractivity contribution in [2.24, 2.45) is 0 Å². The molecule has 9 heteroatoms. The van der Waals surface area contributed by atoms with Crippen LogP contribution in [0.3, 0.4) is 0 Å². The van der Waals surface area contributed by atoms with Crippen molar-refractivity contribution >= 4 is 16.9 Å². The van der Waals surface area contributed by atoms with Crippen molar-refractivity contribution in [2.45, 2.75) is 44.1 Å². The number of alkyl halides is 2. The minimum Gasteiger partial charge on any atom is -0.434 e. The van der Waals surface area contributed by atoms with E-state index in [4.69, 9.17) is 13.6 Å². The van der Waals surface area contributed by atoms with Gasteiger partial charge in [0, 0.05) is 34.2 Å². The van der Waals surface area contributed by atoms with E-state index in [0.717, 1.165) is 30.8 Å². The molecule has 186 valence electrons. The van der Waals surface area contributed by atoms with Gasteiger partial charge in [-0.1, -0.05) is 17.9 Å². The topological polar surface area (TPSA) is 68.6 Å². The monoisotopic (exact) mass is 495 g/mol. The Hall–Kier alpha value is -3.48. The van der Waals surface area contributed by atoms with Gasteiger partial charge in [0.1, 0.15) is 18.2 Å². The molecular weight excluding hydrogens is 466 g/mol. The van der Waals surface area contributed by atoms with Crippen molar-refractivity contribution < 1.29 is 27.2 Å². The molecule has 7 nitrogen and oxygen atoms in total. The minimum atomic E-state index is -3.11. The van der Waals surface area contributed by atoms with E-state index in [1.54, 1.807) is 6.07 Å². The SMILES string of the molecule is [2H]C([2H])([2H])N1C(=O)c2cccc(OC(F)F)c2[C@H]2C[C@@H]1c1nc3ccc(C#CCOC4CCNCC4)cc3n12. The number of aromatic nitrogens is 2. The van der Waals surface area contributed by atoms with Crippen molar-refractivity contribution in [3.8, 4) is 17.6 Å².